The molecule has 1 N–H and O–H groups in total. The van der Waals surface area contributed by atoms with E-state index in [1.165, 1.54) is 17.5 Å². The second-order valence-corrected chi connectivity index (χ2v) is 10.6. The summed E-state index contributed by atoms with van der Waals surface area (Å²) in [6.45, 7) is 3.32. The third kappa shape index (κ3) is 5.21. The van der Waals surface area contributed by atoms with Crippen LogP contribution in [0.25, 0.3) is 0 Å². The van der Waals surface area contributed by atoms with Crippen molar-refractivity contribution in [3.05, 3.63) is 53.6 Å². The number of benzene rings is 2. The zero-order chi connectivity index (χ0) is 24.1. The molecule has 8 nitrogen and oxygen atoms in total. The van der Waals surface area contributed by atoms with Crippen LogP contribution in [0.15, 0.2) is 47.4 Å². The highest BCUT2D eigenvalue weighted by atomic mass is 32.2. The van der Waals surface area contributed by atoms with E-state index in [1.54, 1.807) is 19.2 Å². The van der Waals surface area contributed by atoms with Crippen LogP contribution >= 0.6 is 0 Å². The molecule has 0 spiro atoms. The second kappa shape index (κ2) is 10.8. The van der Waals surface area contributed by atoms with Gasteiger partial charge in [0.15, 0.2) is 0 Å². The van der Waals surface area contributed by atoms with Gasteiger partial charge in [-0.2, -0.15) is 4.31 Å². The van der Waals surface area contributed by atoms with Gasteiger partial charge in [0, 0.05) is 25.2 Å². The van der Waals surface area contributed by atoms with E-state index in [0.29, 0.717) is 25.2 Å². The number of likely N-dealkylation sites (tertiary alicyclic amines) is 1. The number of methoxy groups -OCH3 is 2. The molecule has 4 rings (SSSR count). The lowest BCUT2D eigenvalue weighted by Crippen LogP contribution is -2.37. The summed E-state index contributed by atoms with van der Waals surface area (Å²) in [6, 6.07) is 12.5. The van der Waals surface area contributed by atoms with Gasteiger partial charge in [-0.3, -0.25) is 9.69 Å². The molecule has 2 saturated heterocycles. The van der Waals surface area contributed by atoms with Crippen molar-refractivity contribution in [1.29, 1.82) is 0 Å². The van der Waals surface area contributed by atoms with E-state index >= 15 is 0 Å². The quantitative estimate of drug-likeness (QED) is 0.585. The molecule has 2 aromatic carbocycles. The van der Waals surface area contributed by atoms with E-state index in [1.807, 2.05) is 24.3 Å². The minimum Gasteiger partial charge on any atom is -0.497 e. The van der Waals surface area contributed by atoms with Gasteiger partial charge >= 0.3 is 0 Å². The molecule has 184 valence electrons. The van der Waals surface area contributed by atoms with Gasteiger partial charge in [0.2, 0.25) is 10.0 Å². The fourth-order valence-electron chi connectivity index (χ4n) is 4.74. The van der Waals surface area contributed by atoms with Crippen LogP contribution < -0.4 is 14.8 Å². The molecule has 2 heterocycles. The van der Waals surface area contributed by atoms with Gasteiger partial charge in [-0.1, -0.05) is 12.1 Å². The maximum absolute atomic E-state index is 13.2. The fourth-order valence-corrected chi connectivity index (χ4v) is 6.44. The van der Waals surface area contributed by atoms with Crippen LogP contribution in [-0.2, 0) is 10.0 Å². The SMILES string of the molecule is COc1cccc([C@H](CNC(=O)c2ccc(OC)c(S(=O)(=O)N3CCCC3)c2)N2CCCC2)c1. The highest BCUT2D eigenvalue weighted by Gasteiger charge is 2.31. The minimum atomic E-state index is -3.73. The smallest absolute Gasteiger partial charge is 0.251 e. The van der Waals surface area contributed by atoms with Crippen molar-refractivity contribution >= 4 is 15.9 Å². The van der Waals surface area contributed by atoms with E-state index in [0.717, 1.165) is 50.1 Å². The topological polar surface area (TPSA) is 88.2 Å². The first-order valence-electron chi connectivity index (χ1n) is 11.8. The van der Waals surface area contributed by atoms with Crippen molar-refractivity contribution in [1.82, 2.24) is 14.5 Å². The molecule has 0 saturated carbocycles. The number of amides is 1. The number of nitrogens with one attached hydrogen (secondary N) is 1. The largest absolute Gasteiger partial charge is 0.497 e. The van der Waals surface area contributed by atoms with Crippen LogP contribution in [0.3, 0.4) is 0 Å². The van der Waals surface area contributed by atoms with Gasteiger partial charge in [-0.05, 0) is 74.7 Å². The molecule has 2 aromatic rings. The molecule has 0 bridgehead atoms. The van der Waals surface area contributed by atoms with Crippen molar-refractivity contribution in [2.75, 3.05) is 46.9 Å². The van der Waals surface area contributed by atoms with Crippen molar-refractivity contribution < 1.29 is 22.7 Å². The number of carbonyl (C=O) groups excluding carboxylic acids is 1. The predicted molar refractivity (Wildman–Crippen MR) is 130 cm³/mol. The van der Waals surface area contributed by atoms with Crippen molar-refractivity contribution in [2.45, 2.75) is 36.6 Å². The van der Waals surface area contributed by atoms with E-state index in [2.05, 4.69) is 10.2 Å². The Morgan fingerprint density at radius 1 is 0.971 bits per heavy atom. The summed E-state index contributed by atoms with van der Waals surface area (Å²) in [5.74, 6) is 0.710. The number of nitrogens with zero attached hydrogens (tertiary/aromatic N) is 2. The van der Waals surface area contributed by atoms with Crippen molar-refractivity contribution in [3.63, 3.8) is 0 Å². The predicted octanol–water partition coefficient (Wildman–Crippen LogP) is 3.06. The van der Waals surface area contributed by atoms with Crippen LogP contribution in [0, 0.1) is 0 Å². The molecule has 0 radical (unpaired) electrons. The monoisotopic (exact) mass is 487 g/mol. The number of rotatable bonds is 9. The summed E-state index contributed by atoms with van der Waals surface area (Å²) >= 11 is 0. The average Bonchev–Trinajstić information content (AvgIpc) is 3.59. The molecule has 1 atom stereocenters. The third-order valence-corrected chi connectivity index (χ3v) is 8.54. The Labute approximate surface area is 201 Å². The molecular weight excluding hydrogens is 454 g/mol. The number of hydrogen-bond acceptors (Lipinski definition) is 6. The van der Waals surface area contributed by atoms with Gasteiger partial charge in [0.1, 0.15) is 16.4 Å². The average molecular weight is 488 g/mol. The lowest BCUT2D eigenvalue weighted by Gasteiger charge is -2.28. The number of hydrogen-bond donors (Lipinski definition) is 1. The Morgan fingerprint density at radius 2 is 1.68 bits per heavy atom. The molecule has 34 heavy (non-hydrogen) atoms. The number of ether oxygens (including phenoxy) is 2. The van der Waals surface area contributed by atoms with Gasteiger partial charge in [0.25, 0.3) is 5.91 Å². The van der Waals surface area contributed by atoms with Crippen LogP contribution in [0.4, 0.5) is 0 Å². The lowest BCUT2D eigenvalue weighted by atomic mass is 10.0. The zero-order valence-corrected chi connectivity index (χ0v) is 20.6. The Morgan fingerprint density at radius 3 is 2.35 bits per heavy atom. The van der Waals surface area contributed by atoms with Crippen molar-refractivity contribution in [3.8, 4) is 11.5 Å². The highest BCUT2D eigenvalue weighted by Crippen LogP contribution is 2.30. The van der Waals surface area contributed by atoms with Crippen LogP contribution in [0.5, 0.6) is 11.5 Å². The molecule has 1 amide bonds. The first kappa shape index (κ1) is 24.5. The molecule has 0 aromatic heterocycles. The third-order valence-electron chi connectivity index (χ3n) is 6.62. The van der Waals surface area contributed by atoms with E-state index < -0.39 is 10.0 Å². The molecule has 2 fully saturated rings. The van der Waals surface area contributed by atoms with Crippen LogP contribution in [0.2, 0.25) is 0 Å². The fraction of sp³-hybridized carbons (Fsp3) is 0.480. The minimum absolute atomic E-state index is 0.00704. The summed E-state index contributed by atoms with van der Waals surface area (Å²) in [6.07, 6.45) is 3.93. The summed E-state index contributed by atoms with van der Waals surface area (Å²) in [7, 11) is -0.647. The lowest BCUT2D eigenvalue weighted by molar-refractivity contribution is 0.0937. The van der Waals surface area contributed by atoms with Gasteiger partial charge in [0.05, 0.1) is 20.3 Å². The van der Waals surface area contributed by atoms with Crippen LogP contribution in [0.1, 0.15) is 47.6 Å². The van der Waals surface area contributed by atoms with E-state index in [4.69, 9.17) is 9.47 Å². The number of carbonyl (C=O) groups is 1. The maximum Gasteiger partial charge on any atom is 0.251 e. The Balaban J connectivity index is 1.55. The molecule has 0 aliphatic carbocycles. The Hall–Kier alpha value is -2.62. The zero-order valence-electron chi connectivity index (χ0n) is 19.8. The highest BCUT2D eigenvalue weighted by molar-refractivity contribution is 7.89. The number of sulfonamides is 1. The first-order chi connectivity index (χ1) is 16.4. The van der Waals surface area contributed by atoms with Crippen molar-refractivity contribution in [2.24, 2.45) is 0 Å². The maximum atomic E-state index is 13.2. The Bertz CT molecular complexity index is 1110. The van der Waals surface area contributed by atoms with E-state index in [9.17, 15) is 13.2 Å². The second-order valence-electron chi connectivity index (χ2n) is 8.72. The molecule has 9 heteroatoms. The summed E-state index contributed by atoms with van der Waals surface area (Å²) in [4.78, 5) is 15.5. The molecule has 0 unspecified atom stereocenters. The van der Waals surface area contributed by atoms with Crippen LogP contribution in [-0.4, -0.2) is 70.5 Å². The normalized spacial score (nSPS) is 18.1. The van der Waals surface area contributed by atoms with Gasteiger partial charge < -0.3 is 14.8 Å². The summed E-state index contributed by atoms with van der Waals surface area (Å²) in [5, 5.41) is 3.03. The molecule has 2 aliphatic rings. The first-order valence-corrected chi connectivity index (χ1v) is 13.2. The molecular formula is C25H33N3O5S. The standard InChI is InChI=1S/C25H33N3O5S/c1-32-21-9-7-8-19(16-21)22(27-12-3-4-13-27)18-26-25(29)20-10-11-23(33-2)24(17-20)34(30,31)28-14-5-6-15-28/h7-11,16-17,22H,3-6,12-15,18H2,1-2H3,(H,26,29)/t22-/m0/s1. The molecule has 2 aliphatic heterocycles. The van der Waals surface area contributed by atoms with E-state index in [-0.39, 0.29) is 22.6 Å². The summed E-state index contributed by atoms with van der Waals surface area (Å²) in [5.41, 5.74) is 1.37. The van der Waals surface area contributed by atoms with Gasteiger partial charge in [-0.25, -0.2) is 8.42 Å². The summed E-state index contributed by atoms with van der Waals surface area (Å²) < 4.78 is 38.5. The Kier molecular flexibility index (Phi) is 7.75. The van der Waals surface area contributed by atoms with Gasteiger partial charge in [-0.15, -0.1) is 0 Å².